The van der Waals surface area contributed by atoms with Crippen molar-refractivity contribution in [1.82, 2.24) is 74.0 Å². The molecule has 15 atom stereocenters. The Bertz CT molecular complexity index is 3640. The number of unbranched alkanes of at least 4 members (excludes halogenated alkanes) is 1. The monoisotopic (exact) mass is 1730 g/mol. The van der Waals surface area contributed by atoms with Crippen LogP contribution in [-0.2, 0) is 101 Å². The molecule has 0 bridgehead atoms. The first kappa shape index (κ1) is 107. The molecule has 0 aliphatic carbocycles. The average Bonchev–Trinajstić information content (AvgIpc) is 1.71. The predicted octanol–water partition coefficient (Wildman–Crippen LogP) is -9.17. The average molecular weight is 1730 g/mol. The van der Waals surface area contributed by atoms with Crippen LogP contribution in [-0.4, -0.2) is 300 Å². The number of nitrogens with one attached hydrogen (secondary N) is 13. The molecule has 0 aromatic rings. The molecule has 1 aliphatic rings. The second-order valence-electron chi connectivity index (χ2n) is 29.6. The molecule has 0 unspecified atom stereocenters. The Hall–Kier alpha value is -12.0. The molecule has 1 rings (SSSR count). The van der Waals surface area contributed by atoms with E-state index in [1.165, 1.54) is 0 Å². The molecule has 0 spiro atoms. The Morgan fingerprint density at radius 2 is 0.736 bits per heavy atom. The van der Waals surface area contributed by atoms with Crippen LogP contribution in [0.15, 0.2) is 4.99 Å². The van der Waals surface area contributed by atoms with Gasteiger partial charge in [0.25, 0.3) is 0 Å². The summed E-state index contributed by atoms with van der Waals surface area (Å²) in [5, 5.41) is 108. The lowest BCUT2D eigenvalue weighted by molar-refractivity contribution is -0.145. The van der Waals surface area contributed by atoms with Crippen LogP contribution in [0.4, 0.5) is 0 Å². The zero-order valence-electron chi connectivity index (χ0n) is 68.3. The van der Waals surface area contributed by atoms with E-state index in [9.17, 15) is 136 Å². The van der Waals surface area contributed by atoms with Crippen molar-refractivity contribution >= 4 is 130 Å². The number of carboxylic acid groups (broad SMARTS) is 6. The highest BCUT2D eigenvalue weighted by Crippen LogP contribution is 2.23. The lowest BCUT2D eigenvalue weighted by atomic mass is 9.96. The number of aliphatic hydroxyl groups is 2. The SMILES string of the molecule is CC[C@H](C)[C@H](NC(=O)[C@H](CCCCN)NC(=O)[C@H](CC(=O)O)NC(=O)[C@H](CCCN=C(N)N)NC(=O)[C@H](CC(C)C)NC(=O)[C@H](CO)NC(=O)[C@H](CCC(=O)O)NC(=O)[C@H](CCC(=O)O)NC(=O)[C@H](CCC(N)=O)NC(=O)[C@H](CC(C)C)NC(=O)[C@H](CO)NC(=O)CN)C(=O)N1CCC[C@H]1C(=O)N[C@@H](CCC(=O)O)C(=O)N[C@@H](CCC(=O)O)C(=O)O. The largest absolute Gasteiger partial charge is 0.481 e. The summed E-state index contributed by atoms with van der Waals surface area (Å²) in [5.74, 6) is -28.4. The Kier molecular flexibility index (Phi) is 49.2. The van der Waals surface area contributed by atoms with Crippen LogP contribution in [0.2, 0.25) is 0 Å². The van der Waals surface area contributed by atoms with Crippen LogP contribution in [0.1, 0.15) is 176 Å². The van der Waals surface area contributed by atoms with Crippen LogP contribution in [0, 0.1) is 17.8 Å². The third-order valence-electron chi connectivity index (χ3n) is 18.7. The lowest BCUT2D eigenvalue weighted by Gasteiger charge is -2.33. The molecule has 682 valence electrons. The van der Waals surface area contributed by atoms with E-state index in [4.69, 9.17) is 33.8 Å². The third-order valence-corrected chi connectivity index (χ3v) is 18.7. The van der Waals surface area contributed by atoms with E-state index in [-0.39, 0.29) is 83.3 Å². The molecule has 1 aliphatic heterocycles. The molecule has 121 heavy (non-hydrogen) atoms. The number of hydrogen-bond donors (Lipinski definition) is 26. The number of nitrogens with two attached hydrogens (primary N) is 5. The molecule has 1 heterocycles. The lowest BCUT2D eigenvalue weighted by Crippen LogP contribution is -2.61. The molecular weight excluding hydrogens is 1610 g/mol. The fraction of sp³-hybridized carbons (Fsp3) is 0.694. The molecular formula is C72H120N20O29. The van der Waals surface area contributed by atoms with Gasteiger partial charge in [-0.2, -0.15) is 0 Å². The van der Waals surface area contributed by atoms with Gasteiger partial charge >= 0.3 is 35.8 Å². The third kappa shape index (κ3) is 41.5. The van der Waals surface area contributed by atoms with Crippen LogP contribution < -0.4 is 97.8 Å². The summed E-state index contributed by atoms with van der Waals surface area (Å²) < 4.78 is 0. The minimum absolute atomic E-state index is 0.0322. The predicted molar refractivity (Wildman–Crippen MR) is 420 cm³/mol. The first-order chi connectivity index (χ1) is 56.7. The van der Waals surface area contributed by atoms with Crippen molar-refractivity contribution in [2.24, 2.45) is 51.4 Å². The summed E-state index contributed by atoms with van der Waals surface area (Å²) in [4.78, 5) is 284. The summed E-state index contributed by atoms with van der Waals surface area (Å²) in [6.45, 7) is 6.58. The molecule has 49 heteroatoms. The van der Waals surface area contributed by atoms with E-state index >= 15 is 0 Å². The zero-order valence-corrected chi connectivity index (χ0v) is 68.3. The second kappa shape index (κ2) is 55.7. The molecule has 1 fully saturated rings. The number of primary amides is 1. The van der Waals surface area contributed by atoms with Gasteiger partial charge in [0.15, 0.2) is 5.96 Å². The van der Waals surface area contributed by atoms with Crippen molar-refractivity contribution in [2.45, 2.75) is 261 Å². The van der Waals surface area contributed by atoms with Gasteiger partial charge < -0.3 is 144 Å². The molecule has 0 aromatic carbocycles. The number of likely N-dealkylation sites (tertiary alicyclic amines) is 1. The number of hydrogen-bond acceptors (Lipinski definition) is 26. The van der Waals surface area contributed by atoms with E-state index in [0.29, 0.717) is 0 Å². The molecule has 15 amide bonds. The maximum absolute atomic E-state index is 14.7. The maximum atomic E-state index is 14.7. The van der Waals surface area contributed by atoms with Gasteiger partial charge in [-0.05, 0) is 114 Å². The highest BCUT2D eigenvalue weighted by atomic mass is 16.4. The van der Waals surface area contributed by atoms with Crippen molar-refractivity contribution < 1.29 is 142 Å². The standard InChI is InChI=1S/C72H120N20O29/c1-7-36(6)57(70(119)92-27-11-14-49(92)69(118)85-42(18-23-54(101)102)61(110)86-43(71(120)121)19-24-55(103)104)91-63(112)37(12-8-9-25-73)80-66(115)46(30-56(105)106)89-58(107)38(13-10-26-78-72(76)77)81-64(113)44(28-34(2)3)88-68(117)48(33-94)90-62(111)41(17-22-53(99)100)83-60(109)40(16-21-52(97)98)82-59(108)39(15-20-50(75)95)84-65(114)45(29-35(4)5)87-67(116)47(32-93)79-51(96)31-74/h34-49,57,93-94H,7-33,73-74H2,1-6H3,(H2,75,95)(H,79,96)(H,80,115)(H,81,113)(H,82,108)(H,83,109)(H,84,114)(H,85,118)(H,86,110)(H,87,116)(H,88,117)(H,89,107)(H,90,111)(H,91,112)(H,97,98)(H,99,100)(H,101,102)(H,103,104)(H,105,106)(H,120,121)(H4,76,77,78)/t36-,37-,38-,39-,40-,41-,42-,43-,44-,45-,46-,47-,48-,49-,57-/m0/s1. The number of guanidine groups is 1. The van der Waals surface area contributed by atoms with Crippen molar-refractivity contribution in [3.63, 3.8) is 0 Å². The summed E-state index contributed by atoms with van der Waals surface area (Å²) >= 11 is 0. The summed E-state index contributed by atoms with van der Waals surface area (Å²) in [6, 6.07) is -24.6. The van der Waals surface area contributed by atoms with Gasteiger partial charge in [0.2, 0.25) is 88.6 Å². The quantitative estimate of drug-likeness (QED) is 0.0153. The van der Waals surface area contributed by atoms with Crippen LogP contribution in [0.5, 0.6) is 0 Å². The number of aliphatic imine (C=N–C) groups is 1. The van der Waals surface area contributed by atoms with Crippen molar-refractivity contribution in [1.29, 1.82) is 0 Å². The van der Waals surface area contributed by atoms with Crippen molar-refractivity contribution in [3.8, 4) is 0 Å². The summed E-state index contributed by atoms with van der Waals surface area (Å²) in [7, 11) is 0. The van der Waals surface area contributed by atoms with Gasteiger partial charge in [0, 0.05) is 45.2 Å². The molecule has 0 aromatic heterocycles. The number of carbonyl (C=O) groups excluding carboxylic acids is 15. The van der Waals surface area contributed by atoms with E-state index < -0.39 is 324 Å². The highest BCUT2D eigenvalue weighted by molar-refractivity contribution is 6.01. The Morgan fingerprint density at radius 3 is 1.11 bits per heavy atom. The van der Waals surface area contributed by atoms with E-state index in [1.807, 2.05) is 0 Å². The van der Waals surface area contributed by atoms with E-state index in [0.717, 1.165) is 4.90 Å². The Labute approximate surface area is 695 Å². The number of aliphatic hydroxyl groups excluding tert-OH is 2. The number of nitrogens with zero attached hydrogens (tertiary/aromatic N) is 2. The minimum atomic E-state index is -2.09. The number of rotatable bonds is 61. The van der Waals surface area contributed by atoms with E-state index in [1.54, 1.807) is 41.5 Å². The number of amides is 15. The van der Waals surface area contributed by atoms with Gasteiger partial charge in [0.05, 0.1) is 26.2 Å². The molecule has 0 saturated carbocycles. The fourth-order valence-electron chi connectivity index (χ4n) is 12.1. The minimum Gasteiger partial charge on any atom is -0.481 e. The van der Waals surface area contributed by atoms with Crippen molar-refractivity contribution in [3.05, 3.63) is 0 Å². The van der Waals surface area contributed by atoms with Crippen LogP contribution in [0.25, 0.3) is 0 Å². The second-order valence-corrected chi connectivity index (χ2v) is 29.6. The molecule has 49 nitrogen and oxygen atoms in total. The summed E-state index contributed by atoms with van der Waals surface area (Å²) in [5.41, 5.74) is 27.5. The molecule has 0 radical (unpaired) electrons. The number of carboxylic acids is 6. The smallest absolute Gasteiger partial charge is 0.326 e. The normalized spacial score (nSPS) is 15.8. The van der Waals surface area contributed by atoms with Gasteiger partial charge in [-0.3, -0.25) is 101 Å². The Balaban J connectivity index is 3.77. The Morgan fingerprint density at radius 1 is 0.397 bits per heavy atom. The van der Waals surface area contributed by atoms with Gasteiger partial charge in [-0.15, -0.1) is 0 Å². The van der Waals surface area contributed by atoms with Crippen LogP contribution >= 0.6 is 0 Å². The number of aliphatic carboxylic acids is 6. The topological polar surface area (TPSA) is 822 Å². The maximum Gasteiger partial charge on any atom is 0.326 e. The van der Waals surface area contributed by atoms with Gasteiger partial charge in [0.1, 0.15) is 84.6 Å². The first-order valence-corrected chi connectivity index (χ1v) is 39.3. The van der Waals surface area contributed by atoms with Crippen LogP contribution in [0.3, 0.4) is 0 Å². The molecule has 1 saturated heterocycles. The van der Waals surface area contributed by atoms with E-state index in [2.05, 4.69) is 74.1 Å². The zero-order chi connectivity index (χ0) is 92.1. The number of carbonyl (C=O) groups is 21. The van der Waals surface area contributed by atoms with Gasteiger partial charge in [-0.25, -0.2) is 4.79 Å². The first-order valence-electron chi connectivity index (χ1n) is 39.3. The van der Waals surface area contributed by atoms with Gasteiger partial charge in [-0.1, -0.05) is 48.0 Å². The molecule has 31 N–H and O–H groups in total. The fourth-order valence-corrected chi connectivity index (χ4v) is 12.1. The highest BCUT2D eigenvalue weighted by Gasteiger charge is 2.43. The van der Waals surface area contributed by atoms with Crippen molar-refractivity contribution in [2.75, 3.05) is 39.4 Å². The summed E-state index contributed by atoms with van der Waals surface area (Å²) in [6.07, 6.45) is -8.84.